The molecule has 0 aliphatic carbocycles. The summed E-state index contributed by atoms with van der Waals surface area (Å²) in [7, 11) is 0. The van der Waals surface area contributed by atoms with E-state index in [0.717, 1.165) is 9.79 Å². The molecular weight excluding hydrogens is 252 g/mol. The highest BCUT2D eigenvalue weighted by molar-refractivity contribution is 7.99. The first kappa shape index (κ1) is 12.3. The number of nitrogens with one attached hydrogen (secondary N) is 1. The van der Waals surface area contributed by atoms with Gasteiger partial charge in [-0.1, -0.05) is 11.8 Å². The largest absolute Gasteiger partial charge is 0.324 e. The second-order valence-electron chi connectivity index (χ2n) is 3.40. The Labute approximate surface area is 107 Å². The van der Waals surface area contributed by atoms with Crippen LogP contribution in [0, 0.1) is 10.1 Å². The van der Waals surface area contributed by atoms with Gasteiger partial charge in [-0.2, -0.15) is 0 Å². The molecule has 0 radical (unpaired) electrons. The third-order valence-electron chi connectivity index (χ3n) is 2.15. The molecule has 0 unspecified atom stereocenters. The van der Waals surface area contributed by atoms with E-state index in [1.54, 1.807) is 18.5 Å². The van der Waals surface area contributed by atoms with Gasteiger partial charge in [0.15, 0.2) is 0 Å². The van der Waals surface area contributed by atoms with Crippen molar-refractivity contribution < 1.29 is 4.92 Å². The molecule has 3 N–H and O–H groups in total. The number of anilines is 1. The average molecular weight is 262 g/mol. The van der Waals surface area contributed by atoms with E-state index < -0.39 is 4.92 Å². The summed E-state index contributed by atoms with van der Waals surface area (Å²) in [5.41, 5.74) is 2.92. The second kappa shape index (κ2) is 5.48. The van der Waals surface area contributed by atoms with Crippen LogP contribution < -0.4 is 11.3 Å². The van der Waals surface area contributed by atoms with Crippen molar-refractivity contribution in [2.75, 3.05) is 5.43 Å². The minimum Gasteiger partial charge on any atom is -0.324 e. The van der Waals surface area contributed by atoms with Gasteiger partial charge in [0.05, 0.1) is 10.6 Å². The van der Waals surface area contributed by atoms with Gasteiger partial charge >= 0.3 is 0 Å². The van der Waals surface area contributed by atoms with Gasteiger partial charge < -0.3 is 5.43 Å². The highest BCUT2D eigenvalue weighted by Gasteiger charge is 2.10. The van der Waals surface area contributed by atoms with Gasteiger partial charge in [-0.05, 0) is 18.2 Å². The van der Waals surface area contributed by atoms with Crippen molar-refractivity contribution in [3.05, 3.63) is 52.8 Å². The van der Waals surface area contributed by atoms with Crippen LogP contribution in [0.3, 0.4) is 0 Å². The molecule has 1 aromatic heterocycles. The fourth-order valence-corrected chi connectivity index (χ4v) is 2.27. The number of non-ortho nitro benzene ring substituents is 1. The quantitative estimate of drug-likeness (QED) is 0.499. The number of aromatic nitrogens is 1. The fourth-order valence-electron chi connectivity index (χ4n) is 1.37. The zero-order valence-corrected chi connectivity index (χ0v) is 10.1. The van der Waals surface area contributed by atoms with Crippen molar-refractivity contribution in [3.63, 3.8) is 0 Å². The van der Waals surface area contributed by atoms with Crippen LogP contribution >= 0.6 is 11.8 Å². The molecule has 0 saturated carbocycles. The number of hydrogen-bond acceptors (Lipinski definition) is 6. The molecule has 0 aliphatic rings. The van der Waals surface area contributed by atoms with E-state index in [1.165, 1.54) is 23.9 Å². The molecule has 0 bridgehead atoms. The lowest BCUT2D eigenvalue weighted by molar-refractivity contribution is -0.385. The molecule has 7 heteroatoms. The summed E-state index contributed by atoms with van der Waals surface area (Å²) in [6, 6.07) is 8.30. The summed E-state index contributed by atoms with van der Waals surface area (Å²) in [4.78, 5) is 15.9. The summed E-state index contributed by atoms with van der Waals surface area (Å²) < 4.78 is 0. The Hall–Kier alpha value is -2.12. The first-order valence-corrected chi connectivity index (χ1v) is 5.84. The predicted molar refractivity (Wildman–Crippen MR) is 69.3 cm³/mol. The van der Waals surface area contributed by atoms with Crippen molar-refractivity contribution in [2.45, 2.75) is 9.79 Å². The lowest BCUT2D eigenvalue weighted by atomic mass is 10.3. The molecule has 0 atom stereocenters. The van der Waals surface area contributed by atoms with Crippen LogP contribution in [-0.2, 0) is 0 Å². The molecule has 0 aliphatic heterocycles. The van der Waals surface area contributed by atoms with Crippen molar-refractivity contribution in [3.8, 4) is 0 Å². The number of nitro groups is 1. The molecule has 2 rings (SSSR count). The van der Waals surface area contributed by atoms with Crippen molar-refractivity contribution in [1.29, 1.82) is 0 Å². The van der Waals surface area contributed by atoms with Crippen LogP contribution in [-0.4, -0.2) is 9.91 Å². The number of nitrogens with zero attached hydrogens (tertiary/aromatic N) is 2. The van der Waals surface area contributed by atoms with Crippen LogP contribution in [0.25, 0.3) is 0 Å². The maximum absolute atomic E-state index is 10.8. The summed E-state index contributed by atoms with van der Waals surface area (Å²) in [5.74, 6) is 5.29. The Morgan fingerprint density at radius 1 is 1.22 bits per heavy atom. The van der Waals surface area contributed by atoms with Crippen LogP contribution in [0.5, 0.6) is 0 Å². The van der Waals surface area contributed by atoms with Crippen molar-refractivity contribution >= 4 is 23.1 Å². The van der Waals surface area contributed by atoms with Crippen LogP contribution in [0.1, 0.15) is 0 Å². The van der Waals surface area contributed by atoms with E-state index in [0.29, 0.717) is 5.69 Å². The number of nitro benzene ring substituents is 1. The maximum atomic E-state index is 10.8. The molecule has 2 aromatic rings. The maximum Gasteiger partial charge on any atom is 0.272 e. The molecule has 92 valence electrons. The summed E-state index contributed by atoms with van der Waals surface area (Å²) in [5, 5.41) is 10.8. The van der Waals surface area contributed by atoms with Gasteiger partial charge in [0.2, 0.25) is 0 Å². The van der Waals surface area contributed by atoms with Gasteiger partial charge in [0.25, 0.3) is 5.69 Å². The molecular formula is C11H10N4O2S. The summed E-state index contributed by atoms with van der Waals surface area (Å²) in [6.07, 6.45) is 3.34. The Bertz CT molecular complexity index is 562. The minimum absolute atomic E-state index is 0.00186. The van der Waals surface area contributed by atoms with E-state index in [1.807, 2.05) is 12.1 Å². The average Bonchev–Trinajstić information content (AvgIpc) is 2.39. The van der Waals surface area contributed by atoms with E-state index in [2.05, 4.69) is 10.4 Å². The van der Waals surface area contributed by atoms with E-state index in [9.17, 15) is 10.1 Å². The summed E-state index contributed by atoms with van der Waals surface area (Å²) >= 11 is 1.41. The van der Waals surface area contributed by atoms with E-state index in [4.69, 9.17) is 5.84 Å². The monoisotopic (exact) mass is 262 g/mol. The Morgan fingerprint density at radius 3 is 2.56 bits per heavy atom. The highest BCUT2D eigenvalue weighted by atomic mass is 32.2. The number of hydrogen-bond donors (Lipinski definition) is 2. The van der Waals surface area contributed by atoms with Crippen molar-refractivity contribution in [2.24, 2.45) is 5.84 Å². The minimum atomic E-state index is -0.447. The Kier molecular flexibility index (Phi) is 3.75. The van der Waals surface area contributed by atoms with Crippen LogP contribution in [0.15, 0.2) is 52.5 Å². The SMILES string of the molecule is NNc1cc(Sc2ccncc2)cc([N+](=O)[O-])c1. The third-order valence-corrected chi connectivity index (χ3v) is 3.13. The van der Waals surface area contributed by atoms with Crippen LogP contribution in [0.4, 0.5) is 11.4 Å². The lowest BCUT2D eigenvalue weighted by Gasteiger charge is -2.05. The third kappa shape index (κ3) is 2.96. The molecule has 1 aromatic carbocycles. The van der Waals surface area contributed by atoms with E-state index in [-0.39, 0.29) is 5.69 Å². The van der Waals surface area contributed by atoms with Crippen LogP contribution in [0.2, 0.25) is 0 Å². The first-order chi connectivity index (χ1) is 8.69. The van der Waals surface area contributed by atoms with Gasteiger partial charge in [-0.3, -0.25) is 20.9 Å². The molecule has 18 heavy (non-hydrogen) atoms. The fraction of sp³-hybridized carbons (Fsp3) is 0. The first-order valence-electron chi connectivity index (χ1n) is 5.03. The zero-order valence-electron chi connectivity index (χ0n) is 9.24. The topological polar surface area (TPSA) is 94.1 Å². The van der Waals surface area contributed by atoms with Gasteiger partial charge in [-0.15, -0.1) is 0 Å². The molecule has 6 nitrogen and oxygen atoms in total. The number of benzene rings is 1. The smallest absolute Gasteiger partial charge is 0.272 e. The Balaban J connectivity index is 2.32. The highest BCUT2D eigenvalue weighted by Crippen LogP contribution is 2.32. The van der Waals surface area contributed by atoms with Gasteiger partial charge in [0, 0.05) is 34.3 Å². The van der Waals surface area contributed by atoms with Crippen molar-refractivity contribution in [1.82, 2.24) is 4.98 Å². The number of nitrogen functional groups attached to an aromatic ring is 1. The number of hydrazine groups is 1. The molecule has 0 spiro atoms. The van der Waals surface area contributed by atoms with Gasteiger partial charge in [-0.25, -0.2) is 0 Å². The lowest BCUT2D eigenvalue weighted by Crippen LogP contribution is -2.07. The number of rotatable bonds is 4. The van der Waals surface area contributed by atoms with E-state index >= 15 is 0 Å². The molecule has 0 amide bonds. The van der Waals surface area contributed by atoms with Gasteiger partial charge in [0.1, 0.15) is 0 Å². The standard InChI is InChI=1S/C11H10N4O2S/c12-14-8-5-9(15(16)17)7-11(6-8)18-10-1-3-13-4-2-10/h1-7,14H,12H2. The Morgan fingerprint density at radius 2 is 1.94 bits per heavy atom. The number of nitrogens with two attached hydrogens (primary N) is 1. The summed E-state index contributed by atoms with van der Waals surface area (Å²) in [6.45, 7) is 0. The normalized spacial score (nSPS) is 10.1. The second-order valence-corrected chi connectivity index (χ2v) is 4.55. The predicted octanol–water partition coefficient (Wildman–Crippen LogP) is 2.43. The zero-order chi connectivity index (χ0) is 13.0. The molecule has 1 heterocycles. The molecule has 0 fully saturated rings. The molecule has 0 saturated heterocycles. The number of pyridine rings is 1.